The lowest BCUT2D eigenvalue weighted by atomic mass is 10.0. The summed E-state index contributed by atoms with van der Waals surface area (Å²) in [6.07, 6.45) is 2.29. The fraction of sp³-hybridized carbons (Fsp3) is 0.250. The summed E-state index contributed by atoms with van der Waals surface area (Å²) in [5, 5.41) is 4.46. The molecule has 5 rings (SSSR count). The Morgan fingerprint density at radius 1 is 1.16 bits per heavy atom. The van der Waals surface area contributed by atoms with Gasteiger partial charge in [-0.2, -0.15) is 0 Å². The average Bonchev–Trinajstić information content (AvgIpc) is 3.17. The Hall–Kier alpha value is -3.78. The molecule has 2 aromatic carbocycles. The van der Waals surface area contributed by atoms with E-state index >= 15 is 4.39 Å². The number of nitrogens with one attached hydrogen (secondary N) is 1. The lowest BCUT2D eigenvalue weighted by Crippen LogP contribution is -2.40. The molecule has 0 aliphatic carbocycles. The molecule has 0 saturated carbocycles. The number of hydrogen-bond donors (Lipinski definition) is 1. The van der Waals surface area contributed by atoms with E-state index in [9.17, 15) is 14.0 Å². The van der Waals surface area contributed by atoms with Crippen molar-refractivity contribution >= 4 is 50.4 Å². The van der Waals surface area contributed by atoms with Crippen molar-refractivity contribution < 1.29 is 18.0 Å². The number of hydrogen-bond acceptors (Lipinski definition) is 4. The minimum absolute atomic E-state index is 0.171. The van der Waals surface area contributed by atoms with Crippen LogP contribution in [0.2, 0.25) is 5.02 Å². The standard InChI is InChI=1S/C28H24ClF2N3O3/c1-5-14-8-9-20-16(11-14)21-15-7-6-10-32-26(15)37-27(36)24(21)34(20)13-18-22(29)17(12-19(30)23(18)31)25(35)33-28(2,3)4/h6-12H,5,13H2,1-4H3,(H,33,35). The van der Waals surface area contributed by atoms with Crippen LogP contribution in [-0.2, 0) is 13.0 Å². The van der Waals surface area contributed by atoms with Crippen LogP contribution in [0.1, 0.15) is 49.2 Å². The van der Waals surface area contributed by atoms with E-state index in [1.807, 2.05) is 25.1 Å². The Kier molecular flexibility index (Phi) is 6.02. The van der Waals surface area contributed by atoms with E-state index in [2.05, 4.69) is 10.3 Å². The van der Waals surface area contributed by atoms with Gasteiger partial charge in [0.1, 0.15) is 5.52 Å². The number of pyridine rings is 1. The number of benzene rings is 2. The zero-order valence-electron chi connectivity index (χ0n) is 20.7. The first-order valence-corrected chi connectivity index (χ1v) is 12.2. The summed E-state index contributed by atoms with van der Waals surface area (Å²) in [5.41, 5.74) is 0.258. The maximum atomic E-state index is 15.2. The maximum absolute atomic E-state index is 15.2. The summed E-state index contributed by atoms with van der Waals surface area (Å²) in [7, 11) is 0. The predicted molar refractivity (Wildman–Crippen MR) is 140 cm³/mol. The van der Waals surface area contributed by atoms with Crippen LogP contribution in [0.25, 0.3) is 32.9 Å². The molecule has 190 valence electrons. The number of halogens is 3. The molecule has 0 saturated heterocycles. The fourth-order valence-corrected chi connectivity index (χ4v) is 4.88. The van der Waals surface area contributed by atoms with Gasteiger partial charge in [-0.25, -0.2) is 18.6 Å². The molecule has 0 spiro atoms. The van der Waals surface area contributed by atoms with Crippen molar-refractivity contribution in [2.24, 2.45) is 0 Å². The van der Waals surface area contributed by atoms with Gasteiger partial charge in [0.2, 0.25) is 5.71 Å². The molecular weight excluding hydrogens is 500 g/mol. The lowest BCUT2D eigenvalue weighted by Gasteiger charge is -2.21. The lowest BCUT2D eigenvalue weighted by molar-refractivity contribution is 0.0919. The van der Waals surface area contributed by atoms with E-state index in [0.717, 1.165) is 23.4 Å². The summed E-state index contributed by atoms with van der Waals surface area (Å²) in [4.78, 5) is 30.2. The second-order valence-electron chi connectivity index (χ2n) is 9.98. The largest absolute Gasteiger partial charge is 0.402 e. The van der Waals surface area contributed by atoms with E-state index < -0.39 is 28.7 Å². The van der Waals surface area contributed by atoms with Crippen LogP contribution < -0.4 is 10.9 Å². The topological polar surface area (TPSA) is 77.1 Å². The first-order valence-electron chi connectivity index (χ1n) is 11.8. The van der Waals surface area contributed by atoms with Gasteiger partial charge in [-0.3, -0.25) is 4.79 Å². The molecule has 9 heteroatoms. The van der Waals surface area contributed by atoms with Crippen molar-refractivity contribution in [3.05, 3.63) is 86.4 Å². The molecule has 0 unspecified atom stereocenters. The minimum Gasteiger partial charge on any atom is -0.402 e. The van der Waals surface area contributed by atoms with Crippen molar-refractivity contribution in [3.8, 4) is 0 Å². The smallest absolute Gasteiger partial charge is 0.362 e. The zero-order chi connectivity index (χ0) is 26.6. The molecule has 1 N–H and O–H groups in total. The molecule has 6 nitrogen and oxygen atoms in total. The molecule has 37 heavy (non-hydrogen) atoms. The second kappa shape index (κ2) is 8.95. The Bertz CT molecular complexity index is 1780. The van der Waals surface area contributed by atoms with Crippen molar-refractivity contribution in [3.63, 3.8) is 0 Å². The number of carbonyl (C=O) groups excluding carboxylic acids is 1. The number of amides is 1. The summed E-state index contributed by atoms with van der Waals surface area (Å²) < 4.78 is 37.0. The second-order valence-corrected chi connectivity index (χ2v) is 10.4. The molecule has 3 aromatic heterocycles. The molecule has 0 fully saturated rings. The highest BCUT2D eigenvalue weighted by atomic mass is 35.5. The molecule has 0 radical (unpaired) electrons. The van der Waals surface area contributed by atoms with Crippen LogP contribution in [0.15, 0.2) is 51.8 Å². The predicted octanol–water partition coefficient (Wildman–Crippen LogP) is 6.37. The van der Waals surface area contributed by atoms with Gasteiger partial charge >= 0.3 is 5.63 Å². The number of carbonyl (C=O) groups is 1. The van der Waals surface area contributed by atoms with E-state index in [1.165, 1.54) is 6.20 Å². The van der Waals surface area contributed by atoms with Gasteiger partial charge in [0, 0.05) is 39.0 Å². The molecule has 1 amide bonds. The third-order valence-corrected chi connectivity index (χ3v) is 6.69. The Balaban J connectivity index is 1.81. The third kappa shape index (κ3) is 4.25. The van der Waals surface area contributed by atoms with E-state index in [-0.39, 0.29) is 33.9 Å². The highest BCUT2D eigenvalue weighted by Gasteiger charge is 2.26. The molecular formula is C28H24ClF2N3O3. The van der Waals surface area contributed by atoms with Crippen LogP contribution in [0, 0.1) is 11.6 Å². The molecule has 5 aromatic rings. The van der Waals surface area contributed by atoms with Crippen LogP contribution in [0.4, 0.5) is 8.78 Å². The van der Waals surface area contributed by atoms with Gasteiger partial charge in [0.05, 0.1) is 17.1 Å². The fourth-order valence-electron chi connectivity index (χ4n) is 4.60. The number of rotatable bonds is 4. The molecule has 0 bridgehead atoms. The quantitative estimate of drug-likeness (QED) is 0.278. The third-order valence-electron chi connectivity index (χ3n) is 6.26. The highest BCUT2D eigenvalue weighted by molar-refractivity contribution is 6.34. The zero-order valence-corrected chi connectivity index (χ0v) is 21.5. The van der Waals surface area contributed by atoms with Gasteiger partial charge < -0.3 is 14.3 Å². The molecule has 0 aliphatic rings. The monoisotopic (exact) mass is 523 g/mol. The van der Waals surface area contributed by atoms with Crippen LogP contribution in [0.3, 0.4) is 0 Å². The van der Waals surface area contributed by atoms with Gasteiger partial charge in [0.25, 0.3) is 5.91 Å². The van der Waals surface area contributed by atoms with Gasteiger partial charge in [-0.1, -0.05) is 24.6 Å². The first kappa shape index (κ1) is 24.9. The molecule has 0 aliphatic heterocycles. The minimum atomic E-state index is -1.21. The maximum Gasteiger partial charge on any atom is 0.362 e. The van der Waals surface area contributed by atoms with Gasteiger partial charge in [-0.15, -0.1) is 0 Å². The van der Waals surface area contributed by atoms with Crippen LogP contribution in [0.5, 0.6) is 0 Å². The van der Waals surface area contributed by atoms with Crippen LogP contribution in [-0.4, -0.2) is 21.0 Å². The normalized spacial score (nSPS) is 12.1. The summed E-state index contributed by atoms with van der Waals surface area (Å²) in [6, 6.07) is 10.0. The number of fused-ring (bicyclic) bond motifs is 5. The van der Waals surface area contributed by atoms with Crippen molar-refractivity contribution in [1.29, 1.82) is 0 Å². The van der Waals surface area contributed by atoms with Crippen molar-refractivity contribution in [1.82, 2.24) is 14.9 Å². The van der Waals surface area contributed by atoms with Crippen molar-refractivity contribution in [2.75, 3.05) is 0 Å². The van der Waals surface area contributed by atoms with E-state index in [4.69, 9.17) is 16.0 Å². The van der Waals surface area contributed by atoms with E-state index in [0.29, 0.717) is 16.3 Å². The average molecular weight is 524 g/mol. The number of nitrogens with zero attached hydrogens (tertiary/aromatic N) is 2. The Labute approximate surface area is 215 Å². The van der Waals surface area contributed by atoms with Gasteiger partial charge in [-0.05, 0) is 63.1 Å². The highest BCUT2D eigenvalue weighted by Crippen LogP contribution is 2.35. The van der Waals surface area contributed by atoms with E-state index in [1.54, 1.807) is 37.5 Å². The summed E-state index contributed by atoms with van der Waals surface area (Å²) in [6.45, 7) is 7.00. The molecule has 0 atom stereocenters. The number of aryl methyl sites for hydroxylation is 1. The van der Waals surface area contributed by atoms with Gasteiger partial charge in [0.15, 0.2) is 11.6 Å². The first-order chi connectivity index (χ1) is 17.5. The SMILES string of the molecule is CCc1ccc2c(c1)c1c3cccnc3oc(=O)c1n2Cc1c(F)c(F)cc(C(=O)NC(C)(C)C)c1Cl. The van der Waals surface area contributed by atoms with Crippen LogP contribution >= 0.6 is 11.6 Å². The Morgan fingerprint density at radius 3 is 2.62 bits per heavy atom. The summed E-state index contributed by atoms with van der Waals surface area (Å²) >= 11 is 6.52. The Morgan fingerprint density at radius 2 is 1.92 bits per heavy atom. The summed E-state index contributed by atoms with van der Waals surface area (Å²) in [5.74, 6) is -3.04. The number of aromatic nitrogens is 2. The molecule has 3 heterocycles. The van der Waals surface area contributed by atoms with Crippen molar-refractivity contribution in [2.45, 2.75) is 46.2 Å².